The molecule has 0 bridgehead atoms. The number of halogens is 1. The van der Waals surface area contributed by atoms with Crippen molar-refractivity contribution in [3.8, 4) is 0 Å². The first-order valence-electron chi connectivity index (χ1n) is 5.71. The first-order chi connectivity index (χ1) is 7.90. The Morgan fingerprint density at radius 2 is 2.06 bits per heavy atom. The van der Waals surface area contributed by atoms with Gasteiger partial charge in [0, 0.05) is 12.2 Å². The molecule has 102 valence electrons. The Hall–Kier alpha value is -1.10. The average Bonchev–Trinajstić information content (AvgIpc) is 2.20. The molecule has 18 heavy (non-hydrogen) atoms. The summed E-state index contributed by atoms with van der Waals surface area (Å²) in [6.45, 7) is 4.50. The Kier molecular flexibility index (Phi) is 6.91. The standard InChI is InChI=1S/C13H21N3O.ClH/c1-9-5-6-12(15-13(17)10(2)14)11(7-9)8-16(3)4;/h5-7,10H,8,14H2,1-4H3,(H,15,17);1H. The second-order valence-electron chi connectivity index (χ2n) is 4.68. The lowest BCUT2D eigenvalue weighted by atomic mass is 10.1. The quantitative estimate of drug-likeness (QED) is 0.877. The molecule has 1 aromatic rings. The third-order valence-corrected chi connectivity index (χ3v) is 2.42. The van der Waals surface area contributed by atoms with Crippen LogP contribution in [0.5, 0.6) is 0 Å². The molecule has 0 aliphatic rings. The van der Waals surface area contributed by atoms with Gasteiger partial charge < -0.3 is 16.0 Å². The Balaban J connectivity index is 0.00000289. The van der Waals surface area contributed by atoms with E-state index in [1.54, 1.807) is 6.92 Å². The van der Waals surface area contributed by atoms with Crippen molar-refractivity contribution < 1.29 is 4.79 Å². The number of nitrogens with one attached hydrogen (secondary N) is 1. The zero-order valence-electron chi connectivity index (χ0n) is 11.4. The summed E-state index contributed by atoms with van der Waals surface area (Å²) in [6.07, 6.45) is 0. The van der Waals surface area contributed by atoms with Crippen molar-refractivity contribution in [2.75, 3.05) is 19.4 Å². The Morgan fingerprint density at radius 1 is 1.44 bits per heavy atom. The van der Waals surface area contributed by atoms with Crippen LogP contribution in [0, 0.1) is 6.92 Å². The molecular formula is C13H22ClN3O. The Labute approximate surface area is 115 Å². The number of benzene rings is 1. The van der Waals surface area contributed by atoms with E-state index in [0.29, 0.717) is 0 Å². The normalized spacial score (nSPS) is 11.9. The van der Waals surface area contributed by atoms with Crippen molar-refractivity contribution in [2.24, 2.45) is 5.73 Å². The van der Waals surface area contributed by atoms with Crippen LogP contribution in [0.1, 0.15) is 18.1 Å². The summed E-state index contributed by atoms with van der Waals surface area (Å²) in [5, 5.41) is 2.85. The molecule has 0 radical (unpaired) electrons. The van der Waals surface area contributed by atoms with Crippen LogP contribution in [0.4, 0.5) is 5.69 Å². The van der Waals surface area contributed by atoms with E-state index in [4.69, 9.17) is 5.73 Å². The SMILES string of the molecule is Cc1ccc(NC(=O)C(C)N)c(CN(C)C)c1.Cl. The summed E-state index contributed by atoms with van der Waals surface area (Å²) in [5.41, 5.74) is 8.66. The highest BCUT2D eigenvalue weighted by molar-refractivity contribution is 5.95. The van der Waals surface area contributed by atoms with Crippen LogP contribution in [0.3, 0.4) is 0 Å². The molecule has 0 aromatic heterocycles. The van der Waals surface area contributed by atoms with Gasteiger partial charge in [0.2, 0.25) is 5.91 Å². The molecule has 3 N–H and O–H groups in total. The number of nitrogens with two attached hydrogens (primary N) is 1. The van der Waals surface area contributed by atoms with E-state index in [9.17, 15) is 4.79 Å². The molecule has 1 atom stereocenters. The highest BCUT2D eigenvalue weighted by Gasteiger charge is 2.11. The minimum Gasteiger partial charge on any atom is -0.324 e. The molecule has 1 unspecified atom stereocenters. The van der Waals surface area contributed by atoms with Gasteiger partial charge in [-0.05, 0) is 39.6 Å². The number of aryl methyl sites for hydroxylation is 1. The van der Waals surface area contributed by atoms with E-state index >= 15 is 0 Å². The molecule has 1 amide bonds. The van der Waals surface area contributed by atoms with E-state index in [2.05, 4.69) is 16.3 Å². The predicted octanol–water partition coefficient (Wildman–Crippen LogP) is 1.76. The molecule has 4 nitrogen and oxygen atoms in total. The van der Waals surface area contributed by atoms with Gasteiger partial charge in [0.1, 0.15) is 0 Å². The largest absolute Gasteiger partial charge is 0.324 e. The topological polar surface area (TPSA) is 58.4 Å². The highest BCUT2D eigenvalue weighted by Crippen LogP contribution is 2.18. The third-order valence-electron chi connectivity index (χ3n) is 2.42. The van der Waals surface area contributed by atoms with Crippen molar-refractivity contribution in [1.82, 2.24) is 4.90 Å². The van der Waals surface area contributed by atoms with Gasteiger partial charge in [-0.25, -0.2) is 0 Å². The number of rotatable bonds is 4. The van der Waals surface area contributed by atoms with Crippen LogP contribution in [0.15, 0.2) is 18.2 Å². The van der Waals surface area contributed by atoms with Gasteiger partial charge in [-0.1, -0.05) is 17.7 Å². The van der Waals surface area contributed by atoms with E-state index in [-0.39, 0.29) is 18.3 Å². The lowest BCUT2D eigenvalue weighted by Crippen LogP contribution is -2.33. The number of amides is 1. The molecule has 1 rings (SSSR count). The second kappa shape index (κ2) is 7.36. The number of carbonyl (C=O) groups is 1. The minimum atomic E-state index is -0.497. The average molecular weight is 272 g/mol. The molecule has 0 spiro atoms. The van der Waals surface area contributed by atoms with Gasteiger partial charge in [-0.3, -0.25) is 4.79 Å². The van der Waals surface area contributed by atoms with Crippen molar-refractivity contribution >= 4 is 24.0 Å². The number of carbonyl (C=O) groups excluding carboxylic acids is 1. The van der Waals surface area contributed by atoms with Crippen molar-refractivity contribution in [3.05, 3.63) is 29.3 Å². The summed E-state index contributed by atoms with van der Waals surface area (Å²) in [6, 6.07) is 5.49. The first-order valence-corrected chi connectivity index (χ1v) is 5.71. The van der Waals surface area contributed by atoms with Gasteiger partial charge in [0.25, 0.3) is 0 Å². The van der Waals surface area contributed by atoms with Crippen LogP contribution in [0.25, 0.3) is 0 Å². The molecule has 5 heteroatoms. The summed E-state index contributed by atoms with van der Waals surface area (Å²) in [5.74, 6) is -0.158. The number of hydrogen-bond donors (Lipinski definition) is 2. The molecule has 1 aromatic carbocycles. The van der Waals surface area contributed by atoms with Crippen LogP contribution in [0.2, 0.25) is 0 Å². The highest BCUT2D eigenvalue weighted by atomic mass is 35.5. The van der Waals surface area contributed by atoms with Crippen LogP contribution in [-0.2, 0) is 11.3 Å². The monoisotopic (exact) mass is 271 g/mol. The predicted molar refractivity (Wildman–Crippen MR) is 78.1 cm³/mol. The molecule has 0 fully saturated rings. The number of hydrogen-bond acceptors (Lipinski definition) is 3. The van der Waals surface area contributed by atoms with Crippen LogP contribution in [-0.4, -0.2) is 30.9 Å². The maximum absolute atomic E-state index is 11.6. The van der Waals surface area contributed by atoms with Crippen molar-refractivity contribution in [2.45, 2.75) is 26.4 Å². The first kappa shape index (κ1) is 16.9. The smallest absolute Gasteiger partial charge is 0.241 e. The summed E-state index contributed by atoms with van der Waals surface area (Å²) in [4.78, 5) is 13.7. The molecule has 0 aliphatic heterocycles. The molecule has 0 saturated heterocycles. The van der Waals surface area contributed by atoms with E-state index in [1.807, 2.05) is 33.2 Å². The maximum atomic E-state index is 11.6. The van der Waals surface area contributed by atoms with Gasteiger partial charge in [0.05, 0.1) is 6.04 Å². The van der Waals surface area contributed by atoms with Gasteiger partial charge >= 0.3 is 0 Å². The Bertz CT molecular complexity index is 405. The fourth-order valence-electron chi connectivity index (χ4n) is 1.56. The van der Waals surface area contributed by atoms with Crippen LogP contribution >= 0.6 is 12.4 Å². The fraction of sp³-hybridized carbons (Fsp3) is 0.462. The zero-order valence-corrected chi connectivity index (χ0v) is 12.2. The molecule has 0 saturated carbocycles. The van der Waals surface area contributed by atoms with Gasteiger partial charge in [0.15, 0.2) is 0 Å². The summed E-state index contributed by atoms with van der Waals surface area (Å²) in [7, 11) is 4.00. The lowest BCUT2D eigenvalue weighted by molar-refractivity contribution is -0.117. The maximum Gasteiger partial charge on any atom is 0.241 e. The second-order valence-corrected chi connectivity index (χ2v) is 4.68. The summed E-state index contributed by atoms with van der Waals surface area (Å²) >= 11 is 0. The fourth-order valence-corrected chi connectivity index (χ4v) is 1.56. The number of anilines is 1. The lowest BCUT2D eigenvalue weighted by Gasteiger charge is -2.16. The van der Waals surface area contributed by atoms with Gasteiger partial charge in [-0.15, -0.1) is 12.4 Å². The van der Waals surface area contributed by atoms with E-state index in [1.165, 1.54) is 5.56 Å². The third kappa shape index (κ3) is 5.04. The Morgan fingerprint density at radius 3 is 2.56 bits per heavy atom. The summed E-state index contributed by atoms with van der Waals surface area (Å²) < 4.78 is 0. The molecular weight excluding hydrogens is 250 g/mol. The zero-order chi connectivity index (χ0) is 13.0. The van der Waals surface area contributed by atoms with Crippen molar-refractivity contribution in [3.63, 3.8) is 0 Å². The molecule has 0 aliphatic carbocycles. The van der Waals surface area contributed by atoms with Crippen LogP contribution < -0.4 is 11.1 Å². The molecule has 0 heterocycles. The van der Waals surface area contributed by atoms with E-state index in [0.717, 1.165) is 17.8 Å². The minimum absolute atomic E-state index is 0. The van der Waals surface area contributed by atoms with Gasteiger partial charge in [-0.2, -0.15) is 0 Å². The van der Waals surface area contributed by atoms with Crippen molar-refractivity contribution in [1.29, 1.82) is 0 Å². The van der Waals surface area contributed by atoms with E-state index < -0.39 is 6.04 Å². The number of nitrogens with zero attached hydrogens (tertiary/aromatic N) is 1.